The fourth-order valence-corrected chi connectivity index (χ4v) is 2.81. The second-order valence-corrected chi connectivity index (χ2v) is 6.00. The Bertz CT molecular complexity index is 769. The van der Waals surface area contributed by atoms with Crippen LogP contribution in [0.2, 0.25) is 0 Å². The molecule has 0 bridgehead atoms. The number of fused-ring (bicyclic) bond motifs is 1. The summed E-state index contributed by atoms with van der Waals surface area (Å²) >= 11 is 0. The zero-order valence-electron chi connectivity index (χ0n) is 14.3. The first-order valence-electron chi connectivity index (χ1n) is 8.14. The maximum Gasteiger partial charge on any atom is 0.254 e. The number of nitrogens with zero attached hydrogens (tertiary/aromatic N) is 3. The smallest absolute Gasteiger partial charge is 0.254 e. The van der Waals surface area contributed by atoms with Gasteiger partial charge in [0.2, 0.25) is 0 Å². The first-order chi connectivity index (χ1) is 12.1. The van der Waals surface area contributed by atoms with Gasteiger partial charge in [-0.05, 0) is 19.1 Å². The second kappa shape index (κ2) is 7.43. The normalized spacial score (nSPS) is 15.7. The molecule has 0 spiro atoms. The van der Waals surface area contributed by atoms with Gasteiger partial charge in [-0.1, -0.05) is 0 Å². The molecule has 1 atom stereocenters. The number of hydrogen-bond acceptors (Lipinski definition) is 5. The molecule has 3 heterocycles. The molecule has 3 rings (SSSR count). The first kappa shape index (κ1) is 17.1. The van der Waals surface area contributed by atoms with Crippen molar-refractivity contribution >= 4 is 11.8 Å². The van der Waals surface area contributed by atoms with Crippen molar-refractivity contribution in [3.63, 3.8) is 0 Å². The molecule has 25 heavy (non-hydrogen) atoms. The van der Waals surface area contributed by atoms with Gasteiger partial charge in [-0.2, -0.15) is 5.10 Å². The Hall–Kier alpha value is -2.74. The lowest BCUT2D eigenvalue weighted by atomic mass is 10.1. The average Bonchev–Trinajstić information content (AvgIpc) is 3.15. The second-order valence-electron chi connectivity index (χ2n) is 6.00. The summed E-state index contributed by atoms with van der Waals surface area (Å²) in [7, 11) is 1.58. The van der Waals surface area contributed by atoms with E-state index in [1.807, 2.05) is 6.92 Å². The van der Waals surface area contributed by atoms with Crippen LogP contribution in [0, 0.1) is 6.92 Å². The van der Waals surface area contributed by atoms with Crippen molar-refractivity contribution in [2.45, 2.75) is 25.9 Å². The Kier molecular flexibility index (Phi) is 5.08. The molecule has 0 aliphatic carbocycles. The van der Waals surface area contributed by atoms with E-state index in [0.29, 0.717) is 37.2 Å². The number of ether oxygens (including phenoxy) is 1. The molecule has 0 saturated carbocycles. The van der Waals surface area contributed by atoms with Gasteiger partial charge in [0.15, 0.2) is 0 Å². The Morgan fingerprint density at radius 3 is 2.88 bits per heavy atom. The minimum absolute atomic E-state index is 0.0944. The monoisotopic (exact) mass is 343 g/mol. The van der Waals surface area contributed by atoms with Crippen LogP contribution in [0.25, 0.3) is 0 Å². The summed E-state index contributed by atoms with van der Waals surface area (Å²) in [5.74, 6) is -0.345. The van der Waals surface area contributed by atoms with Gasteiger partial charge in [0, 0.05) is 32.0 Å². The van der Waals surface area contributed by atoms with Gasteiger partial charge >= 0.3 is 0 Å². The first-order valence-corrected chi connectivity index (χ1v) is 8.14. The number of aromatic nitrogens is 3. The van der Waals surface area contributed by atoms with Gasteiger partial charge in [0.25, 0.3) is 11.8 Å². The van der Waals surface area contributed by atoms with E-state index in [-0.39, 0.29) is 17.9 Å². The Morgan fingerprint density at radius 1 is 1.32 bits per heavy atom. The van der Waals surface area contributed by atoms with Gasteiger partial charge in [-0.15, -0.1) is 0 Å². The number of nitrogens with one attached hydrogen (secondary N) is 2. The molecular formula is C17H21N5O3. The lowest BCUT2D eigenvalue weighted by Gasteiger charge is -2.11. The van der Waals surface area contributed by atoms with Crippen LogP contribution in [0.1, 0.15) is 32.1 Å². The van der Waals surface area contributed by atoms with Gasteiger partial charge < -0.3 is 15.4 Å². The van der Waals surface area contributed by atoms with Crippen molar-refractivity contribution in [1.29, 1.82) is 0 Å². The Morgan fingerprint density at radius 2 is 2.16 bits per heavy atom. The van der Waals surface area contributed by atoms with Crippen molar-refractivity contribution in [2.24, 2.45) is 0 Å². The van der Waals surface area contributed by atoms with Gasteiger partial charge in [0.05, 0.1) is 42.2 Å². The highest BCUT2D eigenvalue weighted by Crippen LogP contribution is 2.19. The maximum absolute atomic E-state index is 12.3. The number of methoxy groups -OCH3 is 1. The molecule has 0 radical (unpaired) electrons. The molecule has 1 aliphatic heterocycles. The number of amides is 2. The molecule has 2 N–H and O–H groups in total. The van der Waals surface area contributed by atoms with Crippen molar-refractivity contribution < 1.29 is 14.3 Å². The standard InChI is InChI=1S/C17H21N5O3/c1-11-3-4-12(8-19-11)16(23)21-13-7-15-14(9-20-22(15)10-13)17(24)18-5-6-25-2/h3-4,8-9,13H,5-7,10H2,1-2H3,(H,18,24)(H,21,23)/t13-/m0/s1. The lowest BCUT2D eigenvalue weighted by molar-refractivity contribution is 0.0931. The summed E-state index contributed by atoms with van der Waals surface area (Å²) in [6.45, 7) is 3.32. The molecule has 0 fully saturated rings. The Balaban J connectivity index is 1.61. The lowest BCUT2D eigenvalue weighted by Crippen LogP contribution is -2.36. The summed E-state index contributed by atoms with van der Waals surface area (Å²) in [4.78, 5) is 28.6. The molecular weight excluding hydrogens is 322 g/mol. The predicted octanol–water partition coefficient (Wildman–Crippen LogP) is 0.317. The third-order valence-electron chi connectivity index (χ3n) is 4.13. The largest absolute Gasteiger partial charge is 0.383 e. The fraction of sp³-hybridized carbons (Fsp3) is 0.412. The summed E-state index contributed by atoms with van der Waals surface area (Å²) in [5, 5.41) is 10.0. The number of hydrogen-bond donors (Lipinski definition) is 2. The van der Waals surface area contributed by atoms with Crippen LogP contribution in [0.4, 0.5) is 0 Å². The van der Waals surface area contributed by atoms with E-state index in [4.69, 9.17) is 4.74 Å². The van der Waals surface area contributed by atoms with Crippen molar-refractivity contribution in [2.75, 3.05) is 20.3 Å². The van der Waals surface area contributed by atoms with E-state index in [1.165, 1.54) is 0 Å². The topological polar surface area (TPSA) is 98.1 Å². The molecule has 132 valence electrons. The molecule has 0 saturated heterocycles. The highest BCUT2D eigenvalue weighted by Gasteiger charge is 2.28. The van der Waals surface area contributed by atoms with Crippen LogP contribution < -0.4 is 10.6 Å². The third kappa shape index (κ3) is 3.85. The van der Waals surface area contributed by atoms with Crippen molar-refractivity contribution in [3.05, 3.63) is 47.0 Å². The molecule has 8 heteroatoms. The zero-order chi connectivity index (χ0) is 17.8. The van der Waals surface area contributed by atoms with Crippen molar-refractivity contribution in [3.8, 4) is 0 Å². The molecule has 1 aliphatic rings. The van der Waals surface area contributed by atoms with E-state index in [0.717, 1.165) is 11.4 Å². The number of aryl methyl sites for hydroxylation is 1. The summed E-state index contributed by atoms with van der Waals surface area (Å²) < 4.78 is 6.69. The average molecular weight is 343 g/mol. The van der Waals surface area contributed by atoms with E-state index in [2.05, 4.69) is 20.7 Å². The highest BCUT2D eigenvalue weighted by atomic mass is 16.5. The van der Waals surface area contributed by atoms with Gasteiger partial charge in [0.1, 0.15) is 0 Å². The molecule has 0 unspecified atom stereocenters. The number of carbonyl (C=O) groups is 2. The Labute approximate surface area is 145 Å². The molecule has 2 amide bonds. The van der Waals surface area contributed by atoms with Crippen LogP contribution in [0.15, 0.2) is 24.5 Å². The van der Waals surface area contributed by atoms with Crippen LogP contribution in [0.3, 0.4) is 0 Å². The van der Waals surface area contributed by atoms with Crippen LogP contribution in [-0.4, -0.2) is 52.9 Å². The molecule has 2 aromatic rings. The van der Waals surface area contributed by atoms with E-state index < -0.39 is 0 Å². The number of rotatable bonds is 6. The fourth-order valence-electron chi connectivity index (χ4n) is 2.81. The summed E-state index contributed by atoms with van der Waals surface area (Å²) in [6.07, 6.45) is 3.70. The minimum atomic E-state index is -0.173. The molecule has 0 aromatic carbocycles. The van der Waals surface area contributed by atoms with Crippen LogP contribution in [0.5, 0.6) is 0 Å². The van der Waals surface area contributed by atoms with Gasteiger partial charge in [-0.25, -0.2) is 0 Å². The SMILES string of the molecule is COCCNC(=O)c1cnn2c1C[C@H](NC(=O)c1ccc(C)nc1)C2. The third-order valence-corrected chi connectivity index (χ3v) is 4.13. The highest BCUT2D eigenvalue weighted by molar-refractivity contribution is 5.95. The predicted molar refractivity (Wildman–Crippen MR) is 90.4 cm³/mol. The van der Waals surface area contributed by atoms with E-state index >= 15 is 0 Å². The van der Waals surface area contributed by atoms with Crippen molar-refractivity contribution in [1.82, 2.24) is 25.4 Å². The summed E-state index contributed by atoms with van der Waals surface area (Å²) in [6, 6.07) is 3.46. The molecule has 8 nitrogen and oxygen atoms in total. The number of carbonyl (C=O) groups excluding carboxylic acids is 2. The van der Waals surface area contributed by atoms with E-state index in [1.54, 1.807) is 36.3 Å². The van der Waals surface area contributed by atoms with Crippen LogP contribution in [-0.2, 0) is 17.7 Å². The minimum Gasteiger partial charge on any atom is -0.383 e. The molecule has 2 aromatic heterocycles. The summed E-state index contributed by atoms with van der Waals surface area (Å²) in [5.41, 5.74) is 2.77. The number of pyridine rings is 1. The van der Waals surface area contributed by atoms with Gasteiger partial charge in [-0.3, -0.25) is 19.3 Å². The van der Waals surface area contributed by atoms with Crippen LogP contribution >= 0.6 is 0 Å². The quantitative estimate of drug-likeness (QED) is 0.736. The maximum atomic E-state index is 12.3. The zero-order valence-corrected chi connectivity index (χ0v) is 14.3. The van der Waals surface area contributed by atoms with E-state index in [9.17, 15) is 9.59 Å².